The molecule has 0 saturated carbocycles. The average Bonchev–Trinajstić information content (AvgIpc) is 3.18. The van der Waals surface area contributed by atoms with Gasteiger partial charge in [-0.25, -0.2) is 9.67 Å². The molecule has 0 aliphatic heterocycles. The Labute approximate surface area is 184 Å². The lowest BCUT2D eigenvalue weighted by Gasteiger charge is -2.10. The van der Waals surface area contributed by atoms with Crippen LogP contribution in [0, 0.1) is 6.92 Å². The predicted molar refractivity (Wildman–Crippen MR) is 121 cm³/mol. The zero-order valence-corrected chi connectivity index (χ0v) is 17.8. The lowest BCUT2D eigenvalue weighted by atomic mass is 10.1. The van der Waals surface area contributed by atoms with Gasteiger partial charge in [0, 0.05) is 24.1 Å². The second kappa shape index (κ2) is 9.14. The first-order valence-electron chi connectivity index (χ1n) is 10.0. The Morgan fingerprint density at radius 3 is 2.74 bits per heavy atom. The van der Waals surface area contributed by atoms with E-state index in [-0.39, 0.29) is 17.9 Å². The van der Waals surface area contributed by atoms with Crippen molar-refractivity contribution in [3.05, 3.63) is 87.6 Å². The van der Waals surface area contributed by atoms with E-state index >= 15 is 0 Å². The molecule has 0 atom stereocenters. The van der Waals surface area contributed by atoms with Gasteiger partial charge in [-0.15, -0.1) is 0 Å². The summed E-state index contributed by atoms with van der Waals surface area (Å²) in [5.74, 6) is 0.496. The minimum Gasteiger partial charge on any atom is -0.311 e. The predicted octanol–water partition coefficient (Wildman–Crippen LogP) is 4.02. The van der Waals surface area contributed by atoms with Crippen molar-refractivity contribution in [2.24, 2.45) is 0 Å². The fourth-order valence-corrected chi connectivity index (χ4v) is 3.57. The minimum atomic E-state index is -0.129. The van der Waals surface area contributed by atoms with E-state index in [1.807, 2.05) is 43.3 Å². The van der Waals surface area contributed by atoms with Crippen molar-refractivity contribution in [1.82, 2.24) is 19.3 Å². The minimum absolute atomic E-state index is 0.0878. The van der Waals surface area contributed by atoms with Crippen molar-refractivity contribution in [2.45, 2.75) is 32.9 Å². The van der Waals surface area contributed by atoms with E-state index in [0.29, 0.717) is 35.7 Å². The van der Waals surface area contributed by atoms with Crippen LogP contribution in [0.15, 0.2) is 65.8 Å². The van der Waals surface area contributed by atoms with Crippen molar-refractivity contribution >= 4 is 34.2 Å². The zero-order valence-electron chi connectivity index (χ0n) is 17.1. The molecule has 7 nitrogen and oxygen atoms in total. The normalized spacial score (nSPS) is 11.0. The number of amides is 1. The number of rotatable bonds is 7. The van der Waals surface area contributed by atoms with Crippen molar-refractivity contribution in [3.8, 4) is 0 Å². The molecular weight excluding hydrogens is 414 g/mol. The monoisotopic (exact) mass is 435 g/mol. The molecule has 31 heavy (non-hydrogen) atoms. The smallest absolute Gasteiger partial charge is 0.261 e. The summed E-state index contributed by atoms with van der Waals surface area (Å²) in [6.07, 6.45) is 4.01. The first kappa shape index (κ1) is 20.8. The molecule has 4 rings (SSSR count). The molecule has 0 radical (unpaired) electrons. The summed E-state index contributed by atoms with van der Waals surface area (Å²) >= 11 is 5.93. The van der Waals surface area contributed by atoms with Crippen LogP contribution in [-0.2, 0) is 17.9 Å². The van der Waals surface area contributed by atoms with Crippen LogP contribution in [0.5, 0.6) is 0 Å². The topological polar surface area (TPSA) is 81.8 Å². The third-order valence-corrected chi connectivity index (χ3v) is 5.34. The van der Waals surface area contributed by atoms with E-state index in [0.717, 1.165) is 16.6 Å². The molecule has 2 aromatic heterocycles. The van der Waals surface area contributed by atoms with Gasteiger partial charge in [0.15, 0.2) is 0 Å². The molecule has 2 aromatic carbocycles. The van der Waals surface area contributed by atoms with Gasteiger partial charge in [-0.3, -0.25) is 14.2 Å². The number of aryl methyl sites for hydroxylation is 2. The van der Waals surface area contributed by atoms with Gasteiger partial charge in [0.25, 0.3) is 5.56 Å². The van der Waals surface area contributed by atoms with Gasteiger partial charge in [0.1, 0.15) is 5.82 Å². The molecule has 2 heterocycles. The van der Waals surface area contributed by atoms with Gasteiger partial charge in [-0.2, -0.15) is 5.10 Å². The SMILES string of the molecule is Cc1cccc2c(=O)n(CCCC(=O)Nc3ccnn3Cc3ccc(Cl)cc3)cnc12. The summed E-state index contributed by atoms with van der Waals surface area (Å²) in [4.78, 5) is 29.5. The van der Waals surface area contributed by atoms with Crippen LogP contribution in [0.1, 0.15) is 24.0 Å². The standard InChI is InChI=1S/C23H22ClN5O2/c1-16-4-2-5-19-22(16)25-15-28(23(19)31)13-3-6-21(30)27-20-11-12-26-29(20)14-17-7-9-18(24)10-8-17/h2,4-5,7-12,15H,3,6,13-14H2,1H3,(H,27,30). The second-order valence-electron chi connectivity index (χ2n) is 7.37. The highest BCUT2D eigenvalue weighted by molar-refractivity contribution is 6.30. The molecule has 0 bridgehead atoms. The number of nitrogens with one attached hydrogen (secondary N) is 1. The van der Waals surface area contributed by atoms with Crippen LogP contribution >= 0.6 is 11.6 Å². The first-order chi connectivity index (χ1) is 15.0. The highest BCUT2D eigenvalue weighted by Gasteiger charge is 2.10. The largest absolute Gasteiger partial charge is 0.311 e. The molecule has 0 fully saturated rings. The summed E-state index contributed by atoms with van der Waals surface area (Å²) in [5, 5.41) is 8.44. The van der Waals surface area contributed by atoms with Gasteiger partial charge >= 0.3 is 0 Å². The van der Waals surface area contributed by atoms with Gasteiger partial charge in [0.2, 0.25) is 5.91 Å². The number of hydrogen-bond acceptors (Lipinski definition) is 4. The lowest BCUT2D eigenvalue weighted by molar-refractivity contribution is -0.116. The summed E-state index contributed by atoms with van der Waals surface area (Å²) in [7, 11) is 0. The van der Waals surface area contributed by atoms with E-state index < -0.39 is 0 Å². The average molecular weight is 436 g/mol. The van der Waals surface area contributed by atoms with E-state index in [1.165, 1.54) is 0 Å². The summed E-state index contributed by atoms with van der Waals surface area (Å²) in [5.41, 5.74) is 2.63. The Bertz CT molecular complexity index is 1280. The summed E-state index contributed by atoms with van der Waals surface area (Å²) < 4.78 is 3.28. The number of anilines is 1. The molecular formula is C23H22ClN5O2. The highest BCUT2D eigenvalue weighted by Crippen LogP contribution is 2.14. The summed E-state index contributed by atoms with van der Waals surface area (Å²) in [6.45, 7) is 2.88. The third kappa shape index (κ3) is 4.83. The van der Waals surface area contributed by atoms with Gasteiger partial charge in [-0.1, -0.05) is 35.9 Å². The van der Waals surface area contributed by atoms with Gasteiger partial charge in [-0.05, 0) is 42.7 Å². The number of nitrogens with zero attached hydrogens (tertiary/aromatic N) is 4. The van der Waals surface area contributed by atoms with Crippen LogP contribution < -0.4 is 10.9 Å². The van der Waals surface area contributed by atoms with E-state index in [4.69, 9.17) is 11.6 Å². The van der Waals surface area contributed by atoms with Crippen molar-refractivity contribution in [2.75, 3.05) is 5.32 Å². The van der Waals surface area contributed by atoms with Crippen LogP contribution in [0.4, 0.5) is 5.82 Å². The fraction of sp³-hybridized carbons (Fsp3) is 0.217. The van der Waals surface area contributed by atoms with Crippen LogP contribution in [0.2, 0.25) is 5.02 Å². The van der Waals surface area contributed by atoms with E-state index in [9.17, 15) is 9.59 Å². The molecule has 158 valence electrons. The molecule has 1 amide bonds. The van der Waals surface area contributed by atoms with Gasteiger partial charge in [0.05, 0.1) is 30.0 Å². The van der Waals surface area contributed by atoms with Crippen LogP contribution in [-0.4, -0.2) is 25.2 Å². The molecule has 8 heteroatoms. The van der Waals surface area contributed by atoms with Crippen molar-refractivity contribution in [3.63, 3.8) is 0 Å². The molecule has 1 N–H and O–H groups in total. The van der Waals surface area contributed by atoms with E-state index in [1.54, 1.807) is 33.9 Å². The number of para-hydroxylation sites is 1. The first-order valence-corrected chi connectivity index (χ1v) is 10.4. The Balaban J connectivity index is 1.35. The van der Waals surface area contributed by atoms with Crippen LogP contribution in [0.3, 0.4) is 0 Å². The number of carbonyl (C=O) groups excluding carboxylic acids is 1. The molecule has 0 aliphatic carbocycles. The maximum atomic E-state index is 12.7. The van der Waals surface area contributed by atoms with Crippen molar-refractivity contribution < 1.29 is 4.79 Å². The number of carbonyl (C=O) groups is 1. The van der Waals surface area contributed by atoms with Gasteiger partial charge < -0.3 is 5.32 Å². The second-order valence-corrected chi connectivity index (χ2v) is 7.80. The van der Waals surface area contributed by atoms with Crippen LogP contribution in [0.25, 0.3) is 10.9 Å². The number of aromatic nitrogens is 4. The van der Waals surface area contributed by atoms with Crippen molar-refractivity contribution in [1.29, 1.82) is 0 Å². The zero-order chi connectivity index (χ0) is 21.8. The number of halogens is 1. The number of hydrogen-bond donors (Lipinski definition) is 1. The molecule has 0 aliphatic rings. The molecule has 0 saturated heterocycles. The number of fused-ring (bicyclic) bond motifs is 1. The Hall–Kier alpha value is -3.45. The fourth-order valence-electron chi connectivity index (χ4n) is 3.44. The maximum absolute atomic E-state index is 12.7. The molecule has 0 spiro atoms. The number of benzene rings is 2. The maximum Gasteiger partial charge on any atom is 0.261 e. The summed E-state index contributed by atoms with van der Waals surface area (Å²) in [6, 6.07) is 14.8. The lowest BCUT2D eigenvalue weighted by Crippen LogP contribution is -2.22. The third-order valence-electron chi connectivity index (χ3n) is 5.09. The Kier molecular flexibility index (Phi) is 6.13. The highest BCUT2D eigenvalue weighted by atomic mass is 35.5. The Morgan fingerprint density at radius 1 is 1.13 bits per heavy atom. The molecule has 4 aromatic rings. The molecule has 0 unspecified atom stereocenters. The quantitative estimate of drug-likeness (QED) is 0.475. The van der Waals surface area contributed by atoms with E-state index in [2.05, 4.69) is 15.4 Å². The Morgan fingerprint density at radius 2 is 1.94 bits per heavy atom.